The number of carbonyl (C=O) groups is 1. The number of pyridine rings is 1. The van der Waals surface area contributed by atoms with Crippen LogP contribution in [0.1, 0.15) is 9.67 Å². The fourth-order valence-electron chi connectivity index (χ4n) is 2.76. The van der Waals surface area contributed by atoms with Crippen LogP contribution >= 0.6 is 34.5 Å². The molecular weight excluding hydrogens is 420 g/mol. The number of nitrogens with one attached hydrogen (secondary N) is 1. The lowest BCUT2D eigenvalue weighted by atomic mass is 10.1. The molecule has 0 saturated heterocycles. The molecule has 2 aromatic heterocycles. The second-order valence-electron chi connectivity index (χ2n) is 6.01. The highest BCUT2D eigenvalue weighted by atomic mass is 35.5. The zero-order valence-electron chi connectivity index (χ0n) is 14.2. The molecule has 2 aromatic carbocycles. The SMILES string of the molecule is Nc1c(C(=O)Nc2cc(Cl)cc(Cl)c2)sc2nc(-c3ccc(F)cc3)ccc12. The summed E-state index contributed by atoms with van der Waals surface area (Å²) in [5.74, 6) is -0.688. The monoisotopic (exact) mass is 431 g/mol. The number of anilines is 2. The predicted octanol–water partition coefficient (Wildman–Crippen LogP) is 6.24. The normalized spacial score (nSPS) is 11.0. The summed E-state index contributed by atoms with van der Waals surface area (Å²) in [5.41, 5.74) is 8.43. The first kappa shape index (κ1) is 18.7. The van der Waals surface area contributed by atoms with E-state index in [2.05, 4.69) is 10.3 Å². The summed E-state index contributed by atoms with van der Waals surface area (Å²) in [7, 11) is 0. The number of hydrogen-bond donors (Lipinski definition) is 2. The number of rotatable bonds is 3. The van der Waals surface area contributed by atoms with E-state index < -0.39 is 0 Å². The molecule has 4 rings (SSSR count). The molecule has 0 radical (unpaired) electrons. The molecule has 140 valence electrons. The van der Waals surface area contributed by atoms with E-state index in [1.54, 1.807) is 42.5 Å². The molecule has 0 aliphatic rings. The molecule has 2 heterocycles. The van der Waals surface area contributed by atoms with Crippen molar-refractivity contribution in [1.82, 2.24) is 4.98 Å². The number of nitrogen functional groups attached to an aromatic ring is 1. The second kappa shape index (κ2) is 7.39. The lowest BCUT2D eigenvalue weighted by Gasteiger charge is -2.05. The molecule has 0 bridgehead atoms. The van der Waals surface area contributed by atoms with E-state index in [-0.39, 0.29) is 11.7 Å². The molecule has 8 heteroatoms. The number of carbonyl (C=O) groups excluding carboxylic acids is 1. The Morgan fingerprint density at radius 1 is 1.04 bits per heavy atom. The van der Waals surface area contributed by atoms with Crippen LogP contribution in [-0.4, -0.2) is 10.9 Å². The van der Waals surface area contributed by atoms with Gasteiger partial charge in [-0.25, -0.2) is 9.37 Å². The van der Waals surface area contributed by atoms with Gasteiger partial charge in [0.25, 0.3) is 5.91 Å². The first-order chi connectivity index (χ1) is 13.4. The van der Waals surface area contributed by atoms with Crippen LogP contribution in [-0.2, 0) is 0 Å². The van der Waals surface area contributed by atoms with Crippen molar-refractivity contribution in [3.63, 3.8) is 0 Å². The van der Waals surface area contributed by atoms with Gasteiger partial charge in [-0.15, -0.1) is 11.3 Å². The van der Waals surface area contributed by atoms with Gasteiger partial charge in [0.15, 0.2) is 0 Å². The average Bonchev–Trinajstić information content (AvgIpc) is 2.98. The molecule has 3 N–H and O–H groups in total. The van der Waals surface area contributed by atoms with Crippen LogP contribution in [0.25, 0.3) is 21.5 Å². The molecule has 0 fully saturated rings. The fourth-order valence-corrected chi connectivity index (χ4v) is 4.28. The van der Waals surface area contributed by atoms with Gasteiger partial charge in [0.1, 0.15) is 15.5 Å². The third-order valence-electron chi connectivity index (χ3n) is 4.06. The Labute approximate surface area is 173 Å². The Hall–Kier alpha value is -2.67. The average molecular weight is 432 g/mol. The number of benzene rings is 2. The summed E-state index contributed by atoms with van der Waals surface area (Å²) < 4.78 is 13.1. The van der Waals surface area contributed by atoms with Crippen molar-refractivity contribution in [2.75, 3.05) is 11.1 Å². The summed E-state index contributed by atoms with van der Waals surface area (Å²) in [6, 6.07) is 14.4. The third-order valence-corrected chi connectivity index (χ3v) is 5.61. The number of aromatic nitrogens is 1. The van der Waals surface area contributed by atoms with Crippen molar-refractivity contribution in [3.05, 3.63) is 75.3 Å². The molecule has 0 atom stereocenters. The molecular formula is C20H12Cl2FN3OS. The van der Waals surface area contributed by atoms with Gasteiger partial charge in [0.2, 0.25) is 0 Å². The number of nitrogens with zero attached hydrogens (tertiary/aromatic N) is 1. The van der Waals surface area contributed by atoms with E-state index in [4.69, 9.17) is 28.9 Å². The zero-order chi connectivity index (χ0) is 19.8. The van der Waals surface area contributed by atoms with Crippen molar-refractivity contribution in [2.24, 2.45) is 0 Å². The lowest BCUT2D eigenvalue weighted by Crippen LogP contribution is -2.11. The number of amides is 1. The number of fused-ring (bicyclic) bond motifs is 1. The van der Waals surface area contributed by atoms with Crippen LogP contribution in [0.5, 0.6) is 0 Å². The van der Waals surface area contributed by atoms with E-state index >= 15 is 0 Å². The van der Waals surface area contributed by atoms with Gasteiger partial charge < -0.3 is 11.1 Å². The first-order valence-corrected chi connectivity index (χ1v) is 9.70. The van der Waals surface area contributed by atoms with Gasteiger partial charge in [-0.1, -0.05) is 23.2 Å². The van der Waals surface area contributed by atoms with Gasteiger partial charge in [-0.05, 0) is 54.6 Å². The summed E-state index contributed by atoms with van der Waals surface area (Å²) in [5, 5.41) is 4.26. The van der Waals surface area contributed by atoms with E-state index in [0.29, 0.717) is 42.2 Å². The largest absolute Gasteiger partial charge is 0.397 e. The number of halogens is 3. The Kier molecular flexibility index (Phi) is 4.93. The Morgan fingerprint density at radius 3 is 2.39 bits per heavy atom. The number of thiophene rings is 1. The van der Waals surface area contributed by atoms with E-state index in [1.807, 2.05) is 0 Å². The summed E-state index contributed by atoms with van der Waals surface area (Å²) >= 11 is 13.1. The highest BCUT2D eigenvalue weighted by molar-refractivity contribution is 7.21. The number of nitrogens with two attached hydrogens (primary N) is 1. The first-order valence-electron chi connectivity index (χ1n) is 8.13. The van der Waals surface area contributed by atoms with Crippen LogP contribution in [0.4, 0.5) is 15.8 Å². The molecule has 0 unspecified atom stereocenters. The van der Waals surface area contributed by atoms with Crippen molar-refractivity contribution >= 4 is 62.0 Å². The Morgan fingerprint density at radius 2 is 1.71 bits per heavy atom. The van der Waals surface area contributed by atoms with Crippen LogP contribution in [0, 0.1) is 5.82 Å². The molecule has 0 saturated carbocycles. The topological polar surface area (TPSA) is 68.0 Å². The van der Waals surface area contributed by atoms with Crippen LogP contribution in [0.2, 0.25) is 10.0 Å². The fraction of sp³-hybridized carbons (Fsp3) is 0. The highest BCUT2D eigenvalue weighted by Gasteiger charge is 2.18. The molecule has 1 amide bonds. The minimum atomic E-state index is -0.373. The van der Waals surface area contributed by atoms with Crippen LogP contribution < -0.4 is 11.1 Å². The smallest absolute Gasteiger partial charge is 0.267 e. The van der Waals surface area contributed by atoms with Crippen molar-refractivity contribution < 1.29 is 9.18 Å². The summed E-state index contributed by atoms with van der Waals surface area (Å²) in [6.45, 7) is 0. The minimum Gasteiger partial charge on any atom is -0.397 e. The summed E-state index contributed by atoms with van der Waals surface area (Å²) in [4.78, 5) is 18.2. The Bertz CT molecular complexity index is 1190. The predicted molar refractivity (Wildman–Crippen MR) is 114 cm³/mol. The van der Waals surface area contributed by atoms with Crippen molar-refractivity contribution in [3.8, 4) is 11.3 Å². The quantitative estimate of drug-likeness (QED) is 0.403. The lowest BCUT2D eigenvalue weighted by molar-refractivity contribution is 0.103. The minimum absolute atomic E-state index is 0.315. The van der Waals surface area contributed by atoms with Gasteiger partial charge in [0.05, 0.1) is 11.4 Å². The maximum Gasteiger partial charge on any atom is 0.267 e. The van der Waals surface area contributed by atoms with Gasteiger partial charge >= 0.3 is 0 Å². The number of hydrogen-bond acceptors (Lipinski definition) is 4. The van der Waals surface area contributed by atoms with Crippen molar-refractivity contribution in [2.45, 2.75) is 0 Å². The second-order valence-corrected chi connectivity index (χ2v) is 7.89. The Balaban J connectivity index is 1.68. The molecule has 4 nitrogen and oxygen atoms in total. The molecule has 0 spiro atoms. The highest BCUT2D eigenvalue weighted by Crippen LogP contribution is 2.35. The standard InChI is InChI=1S/C20H12Cl2FN3OS/c21-11-7-12(22)9-14(8-11)25-19(27)18-17(24)15-5-6-16(26-20(15)28-18)10-1-3-13(23)4-2-10/h1-9H,24H2,(H,25,27). The van der Waals surface area contributed by atoms with E-state index in [9.17, 15) is 9.18 Å². The molecule has 0 aliphatic heterocycles. The molecule has 28 heavy (non-hydrogen) atoms. The third kappa shape index (κ3) is 3.67. The van der Waals surface area contributed by atoms with Gasteiger partial charge in [-0.3, -0.25) is 4.79 Å². The van der Waals surface area contributed by atoms with Crippen molar-refractivity contribution in [1.29, 1.82) is 0 Å². The molecule has 0 aliphatic carbocycles. The molecule has 4 aromatic rings. The maximum absolute atomic E-state index is 13.1. The van der Waals surface area contributed by atoms with Crippen LogP contribution in [0.15, 0.2) is 54.6 Å². The zero-order valence-corrected chi connectivity index (χ0v) is 16.5. The van der Waals surface area contributed by atoms with E-state index in [0.717, 1.165) is 5.56 Å². The van der Waals surface area contributed by atoms with Gasteiger partial charge in [0, 0.05) is 26.7 Å². The van der Waals surface area contributed by atoms with E-state index in [1.165, 1.54) is 23.5 Å². The van der Waals surface area contributed by atoms with Gasteiger partial charge in [-0.2, -0.15) is 0 Å². The maximum atomic E-state index is 13.1. The summed E-state index contributed by atoms with van der Waals surface area (Å²) in [6.07, 6.45) is 0. The van der Waals surface area contributed by atoms with Crippen LogP contribution in [0.3, 0.4) is 0 Å².